The van der Waals surface area contributed by atoms with Gasteiger partial charge in [-0.3, -0.25) is 15.0 Å². The molecule has 5 N–H and O–H groups in total. The quantitative estimate of drug-likeness (QED) is 0.739. The van der Waals surface area contributed by atoms with Crippen LogP contribution < -0.4 is 16.8 Å². The summed E-state index contributed by atoms with van der Waals surface area (Å²) < 4.78 is 19.8. The van der Waals surface area contributed by atoms with Crippen LogP contribution in [0.3, 0.4) is 0 Å². The number of nitrogens with zero attached hydrogens (tertiary/aromatic N) is 1. The Hall–Kier alpha value is -2.49. The lowest BCUT2D eigenvalue weighted by molar-refractivity contribution is 0.0337. The lowest BCUT2D eigenvalue weighted by atomic mass is 10.1. The van der Waals surface area contributed by atoms with Crippen molar-refractivity contribution in [3.63, 3.8) is 0 Å². The molecular weight excluding hydrogens is 359 g/mol. The van der Waals surface area contributed by atoms with Crippen molar-refractivity contribution in [2.45, 2.75) is 6.54 Å². The monoisotopic (exact) mass is 378 g/mol. The average molecular weight is 378 g/mol. The molecule has 2 aromatic rings. The second-order valence-electron chi connectivity index (χ2n) is 5.90. The van der Waals surface area contributed by atoms with Crippen LogP contribution in [0.1, 0.15) is 15.9 Å². The maximum atomic E-state index is 14.5. The van der Waals surface area contributed by atoms with Gasteiger partial charge in [-0.2, -0.15) is 0 Å². The van der Waals surface area contributed by atoms with E-state index >= 15 is 0 Å². The number of hydrogen-bond donors (Lipinski definition) is 3. The van der Waals surface area contributed by atoms with Crippen molar-refractivity contribution in [2.24, 2.45) is 11.5 Å². The largest absolute Gasteiger partial charge is 0.379 e. The number of morpholine rings is 1. The normalized spacial score (nSPS) is 15.0. The third kappa shape index (κ3) is 4.18. The molecule has 0 radical (unpaired) electrons. The van der Waals surface area contributed by atoms with Gasteiger partial charge in [-0.05, 0) is 17.7 Å². The zero-order valence-corrected chi connectivity index (χ0v) is 14.8. The van der Waals surface area contributed by atoms with Gasteiger partial charge in [-0.1, -0.05) is 12.1 Å². The number of primary amides is 2. The fraction of sp³-hybridized carbons (Fsp3) is 0.294. The smallest absolute Gasteiger partial charge is 0.317 e. The number of hydrogen-bond acceptors (Lipinski definition) is 5. The predicted octanol–water partition coefficient (Wildman–Crippen LogP) is 1.98. The van der Waals surface area contributed by atoms with E-state index in [1.807, 2.05) is 0 Å². The lowest BCUT2D eigenvalue weighted by Gasteiger charge is -2.26. The Morgan fingerprint density at radius 2 is 1.96 bits per heavy atom. The highest BCUT2D eigenvalue weighted by Crippen LogP contribution is 2.36. The molecule has 1 aliphatic heterocycles. The Balaban J connectivity index is 1.84. The summed E-state index contributed by atoms with van der Waals surface area (Å²) in [6.45, 7) is 3.37. The number of anilines is 1. The van der Waals surface area contributed by atoms with Crippen LogP contribution in [0.4, 0.5) is 14.2 Å². The Labute approximate surface area is 153 Å². The molecule has 9 heteroatoms. The highest BCUT2D eigenvalue weighted by Gasteiger charge is 2.18. The first-order valence-corrected chi connectivity index (χ1v) is 8.84. The molecule has 0 spiro atoms. The van der Waals surface area contributed by atoms with Gasteiger partial charge in [0.05, 0.1) is 18.8 Å². The van der Waals surface area contributed by atoms with Gasteiger partial charge >= 0.3 is 6.03 Å². The minimum absolute atomic E-state index is 0.140. The molecule has 1 saturated heterocycles. The summed E-state index contributed by atoms with van der Waals surface area (Å²) in [5.74, 6) is -1.02. The van der Waals surface area contributed by atoms with E-state index < -0.39 is 11.9 Å². The molecule has 26 heavy (non-hydrogen) atoms. The van der Waals surface area contributed by atoms with Crippen molar-refractivity contribution < 1.29 is 18.7 Å². The zero-order chi connectivity index (χ0) is 18.7. The third-order valence-electron chi connectivity index (χ3n) is 4.07. The number of halogens is 1. The average Bonchev–Trinajstić information content (AvgIpc) is 3.01. The number of nitrogens with one attached hydrogen (secondary N) is 1. The summed E-state index contributed by atoms with van der Waals surface area (Å²) in [4.78, 5) is 25.3. The maximum Gasteiger partial charge on any atom is 0.317 e. The minimum atomic E-state index is -0.798. The lowest BCUT2D eigenvalue weighted by Crippen LogP contribution is -2.35. The van der Waals surface area contributed by atoms with Gasteiger partial charge in [-0.15, -0.1) is 11.3 Å². The topological polar surface area (TPSA) is 111 Å². The van der Waals surface area contributed by atoms with Gasteiger partial charge in [-0.25, -0.2) is 9.18 Å². The Morgan fingerprint density at radius 1 is 1.23 bits per heavy atom. The van der Waals surface area contributed by atoms with Gasteiger partial charge in [0.1, 0.15) is 10.8 Å². The number of carbonyl (C=O) groups excluding carboxylic acids is 2. The first kappa shape index (κ1) is 18.3. The van der Waals surface area contributed by atoms with Crippen LogP contribution in [0.5, 0.6) is 0 Å². The molecule has 0 atom stereocenters. The van der Waals surface area contributed by atoms with Crippen molar-refractivity contribution >= 4 is 28.3 Å². The molecular formula is C17H19FN4O3S. The summed E-state index contributed by atoms with van der Waals surface area (Å²) in [7, 11) is 0. The van der Waals surface area contributed by atoms with Crippen LogP contribution in [0.15, 0.2) is 24.3 Å². The molecule has 0 unspecified atom stereocenters. The number of nitrogens with two attached hydrogens (primary N) is 2. The first-order chi connectivity index (χ1) is 12.4. The summed E-state index contributed by atoms with van der Waals surface area (Å²) in [6.07, 6.45) is 0. The van der Waals surface area contributed by atoms with Gasteiger partial charge < -0.3 is 16.2 Å². The Bertz CT molecular complexity index is 833. The second kappa shape index (κ2) is 7.81. The van der Waals surface area contributed by atoms with E-state index in [2.05, 4.69) is 10.2 Å². The van der Waals surface area contributed by atoms with E-state index in [4.69, 9.17) is 16.2 Å². The van der Waals surface area contributed by atoms with Gasteiger partial charge in [0, 0.05) is 30.1 Å². The van der Waals surface area contributed by atoms with Crippen molar-refractivity contribution in [2.75, 3.05) is 31.6 Å². The van der Waals surface area contributed by atoms with Crippen molar-refractivity contribution in [3.8, 4) is 10.4 Å². The van der Waals surface area contributed by atoms with Crippen LogP contribution >= 0.6 is 11.3 Å². The molecule has 0 bridgehead atoms. The highest BCUT2D eigenvalue weighted by molar-refractivity contribution is 7.20. The molecule has 1 aromatic carbocycles. The first-order valence-electron chi connectivity index (χ1n) is 8.03. The minimum Gasteiger partial charge on any atom is -0.379 e. The standard InChI is InChI=1S/C17H19FN4O3S/c18-13-7-10(1-2-11(13)9-22-3-5-25-6-4-22)14-8-12(15(19)23)16(26-14)21-17(20)24/h1-2,7-8H,3-6,9H2,(H2,19,23)(H3,20,21,24). The van der Waals surface area contributed by atoms with Crippen LogP contribution in [0.25, 0.3) is 10.4 Å². The summed E-state index contributed by atoms with van der Waals surface area (Å²) in [6, 6.07) is 5.65. The van der Waals surface area contributed by atoms with Crippen LogP contribution in [-0.4, -0.2) is 43.1 Å². The second-order valence-corrected chi connectivity index (χ2v) is 6.95. The van der Waals surface area contributed by atoms with Gasteiger partial charge in [0.25, 0.3) is 5.91 Å². The fourth-order valence-corrected chi connectivity index (χ4v) is 3.81. The van der Waals surface area contributed by atoms with E-state index in [9.17, 15) is 14.0 Å². The number of amides is 3. The number of benzene rings is 1. The van der Waals surface area contributed by atoms with E-state index in [0.29, 0.717) is 35.8 Å². The highest BCUT2D eigenvalue weighted by atomic mass is 32.1. The van der Waals surface area contributed by atoms with Crippen molar-refractivity contribution in [1.29, 1.82) is 0 Å². The molecule has 7 nitrogen and oxygen atoms in total. The van der Waals surface area contributed by atoms with E-state index in [1.165, 1.54) is 12.1 Å². The fourth-order valence-electron chi connectivity index (χ4n) is 2.75. The zero-order valence-electron chi connectivity index (χ0n) is 14.0. The van der Waals surface area contributed by atoms with E-state index in [1.54, 1.807) is 12.1 Å². The maximum absolute atomic E-state index is 14.5. The van der Waals surface area contributed by atoms with Gasteiger partial charge in [0.15, 0.2) is 0 Å². The molecule has 138 valence electrons. The molecule has 3 rings (SSSR count). The molecule has 1 aromatic heterocycles. The van der Waals surface area contributed by atoms with Gasteiger partial charge in [0.2, 0.25) is 0 Å². The predicted molar refractivity (Wildman–Crippen MR) is 97.5 cm³/mol. The molecule has 0 aliphatic carbocycles. The summed E-state index contributed by atoms with van der Waals surface area (Å²) >= 11 is 1.11. The number of ether oxygens (including phenoxy) is 1. The SMILES string of the molecule is NC(=O)Nc1sc(-c2ccc(CN3CCOCC3)c(F)c2)cc1C(N)=O. The molecule has 1 aliphatic rings. The molecule has 2 heterocycles. The van der Waals surface area contributed by atoms with E-state index in [0.717, 1.165) is 24.4 Å². The van der Waals surface area contributed by atoms with Crippen molar-refractivity contribution in [1.82, 2.24) is 4.90 Å². The van der Waals surface area contributed by atoms with E-state index in [-0.39, 0.29) is 16.4 Å². The number of urea groups is 1. The van der Waals surface area contributed by atoms with Crippen LogP contribution in [-0.2, 0) is 11.3 Å². The summed E-state index contributed by atoms with van der Waals surface area (Å²) in [5.41, 5.74) is 11.8. The number of rotatable bonds is 5. The molecule has 1 fully saturated rings. The van der Waals surface area contributed by atoms with Crippen molar-refractivity contribution in [3.05, 3.63) is 41.2 Å². The number of carbonyl (C=O) groups is 2. The Morgan fingerprint density at radius 3 is 2.58 bits per heavy atom. The third-order valence-corrected chi connectivity index (χ3v) is 5.17. The number of thiophene rings is 1. The molecule has 3 amide bonds. The van der Waals surface area contributed by atoms with Crippen LogP contribution in [0.2, 0.25) is 0 Å². The van der Waals surface area contributed by atoms with Crippen LogP contribution in [0, 0.1) is 5.82 Å². The summed E-state index contributed by atoms with van der Waals surface area (Å²) in [5, 5.41) is 2.62. The Kier molecular flexibility index (Phi) is 5.50. The molecule has 0 saturated carbocycles.